The number of ether oxygens (including phenoxy) is 1. The number of hydrogen-bond donors (Lipinski definition) is 0. The molecule has 2 aliphatic heterocycles. The lowest BCUT2D eigenvalue weighted by Crippen LogP contribution is -2.49. The molecule has 1 aromatic rings. The molecule has 1 aromatic carbocycles. The van der Waals surface area contributed by atoms with E-state index in [-0.39, 0.29) is 29.4 Å². The molecule has 0 aromatic heterocycles. The Morgan fingerprint density at radius 3 is 2.40 bits per heavy atom. The fraction of sp³-hybridized carbons (Fsp3) is 0.588. The molecule has 0 N–H and O–H groups in total. The van der Waals surface area contributed by atoms with Crippen LogP contribution < -0.4 is 0 Å². The van der Waals surface area contributed by atoms with Crippen LogP contribution in [-0.4, -0.2) is 61.9 Å². The highest BCUT2D eigenvalue weighted by Crippen LogP contribution is 2.27. The third-order valence-electron chi connectivity index (χ3n) is 4.92. The molecule has 1 atom stereocenters. The number of halogens is 1. The van der Waals surface area contributed by atoms with Gasteiger partial charge in [0.15, 0.2) is 0 Å². The number of benzene rings is 1. The van der Waals surface area contributed by atoms with Gasteiger partial charge in [-0.05, 0) is 43.5 Å². The molecule has 3 rings (SSSR count). The Labute approximate surface area is 147 Å². The molecule has 2 aliphatic rings. The molecule has 0 aliphatic carbocycles. The highest BCUT2D eigenvalue weighted by molar-refractivity contribution is 7.89. The number of nitrogens with zero attached hydrogens (tertiary/aromatic N) is 2. The number of amides is 1. The lowest BCUT2D eigenvalue weighted by Gasteiger charge is -2.37. The first-order chi connectivity index (χ1) is 11.9. The summed E-state index contributed by atoms with van der Waals surface area (Å²) in [7, 11) is -3.67. The Balaban J connectivity index is 1.75. The molecule has 0 spiro atoms. The molecule has 2 saturated heterocycles. The van der Waals surface area contributed by atoms with Crippen molar-refractivity contribution in [3.8, 4) is 0 Å². The van der Waals surface area contributed by atoms with Crippen molar-refractivity contribution in [2.45, 2.75) is 43.2 Å². The minimum absolute atomic E-state index is 0.0297. The van der Waals surface area contributed by atoms with E-state index in [0.29, 0.717) is 26.2 Å². The molecule has 1 unspecified atom stereocenters. The number of rotatable bonds is 4. The Morgan fingerprint density at radius 1 is 1.16 bits per heavy atom. The normalized spacial score (nSPS) is 22.9. The van der Waals surface area contributed by atoms with Gasteiger partial charge in [-0.2, -0.15) is 4.31 Å². The van der Waals surface area contributed by atoms with Gasteiger partial charge in [0.05, 0.1) is 4.90 Å². The zero-order valence-corrected chi connectivity index (χ0v) is 15.0. The number of sulfonamides is 1. The number of carbonyl (C=O) groups is 1. The van der Waals surface area contributed by atoms with Crippen LogP contribution in [0.25, 0.3) is 0 Å². The largest absolute Gasteiger partial charge is 0.381 e. The molecule has 6 nitrogen and oxygen atoms in total. The topological polar surface area (TPSA) is 66.9 Å². The average Bonchev–Trinajstić information content (AvgIpc) is 3.06. The second kappa shape index (κ2) is 7.39. The van der Waals surface area contributed by atoms with E-state index in [1.807, 2.05) is 4.90 Å². The molecule has 2 fully saturated rings. The maximum atomic E-state index is 13.1. The summed E-state index contributed by atoms with van der Waals surface area (Å²) in [5.74, 6) is -0.501. The maximum Gasteiger partial charge on any atom is 0.243 e. The minimum Gasteiger partial charge on any atom is -0.381 e. The molecular formula is C17H23FN2O4S. The maximum absolute atomic E-state index is 13.1. The van der Waals surface area contributed by atoms with E-state index in [2.05, 4.69) is 0 Å². The van der Waals surface area contributed by atoms with Gasteiger partial charge in [-0.1, -0.05) is 0 Å². The molecule has 8 heteroatoms. The summed E-state index contributed by atoms with van der Waals surface area (Å²) in [4.78, 5) is 14.1. The van der Waals surface area contributed by atoms with Crippen molar-refractivity contribution >= 4 is 15.9 Å². The highest BCUT2D eigenvalue weighted by Gasteiger charge is 2.38. The quantitative estimate of drug-likeness (QED) is 0.808. The summed E-state index contributed by atoms with van der Waals surface area (Å²) in [6.07, 6.45) is 2.17. The average molecular weight is 370 g/mol. The smallest absolute Gasteiger partial charge is 0.243 e. The molecule has 0 saturated carbocycles. The molecule has 138 valence electrons. The van der Waals surface area contributed by atoms with Crippen LogP contribution in [0.3, 0.4) is 0 Å². The van der Waals surface area contributed by atoms with Crippen molar-refractivity contribution in [2.24, 2.45) is 0 Å². The van der Waals surface area contributed by atoms with Gasteiger partial charge in [0.1, 0.15) is 5.82 Å². The number of hydrogen-bond acceptors (Lipinski definition) is 4. The molecule has 1 amide bonds. The van der Waals surface area contributed by atoms with Crippen LogP contribution in [0.5, 0.6) is 0 Å². The third-order valence-corrected chi connectivity index (χ3v) is 6.80. The van der Waals surface area contributed by atoms with Crippen LogP contribution in [-0.2, 0) is 19.6 Å². The lowest BCUT2D eigenvalue weighted by molar-refractivity contribution is -0.135. The monoisotopic (exact) mass is 370 g/mol. The minimum atomic E-state index is -3.67. The van der Waals surface area contributed by atoms with E-state index in [1.54, 1.807) is 0 Å². The molecule has 25 heavy (non-hydrogen) atoms. The van der Waals surface area contributed by atoms with Crippen LogP contribution in [0.4, 0.5) is 4.39 Å². The first kappa shape index (κ1) is 18.3. The zero-order chi connectivity index (χ0) is 18.0. The summed E-state index contributed by atoms with van der Waals surface area (Å²) >= 11 is 0. The standard InChI is InChI=1S/C17H23FN2O4S/c1-13(21)20(15-7-10-24-11-8-15)16-6-9-19(12-16)25(22,23)17-4-2-14(18)3-5-17/h2-5,15-16H,6-12H2,1H3. The van der Waals surface area contributed by atoms with Crippen molar-refractivity contribution in [3.05, 3.63) is 30.1 Å². The van der Waals surface area contributed by atoms with Gasteiger partial charge in [0.2, 0.25) is 15.9 Å². The Hall–Kier alpha value is -1.51. The van der Waals surface area contributed by atoms with E-state index >= 15 is 0 Å². The van der Waals surface area contributed by atoms with E-state index in [1.165, 1.54) is 23.4 Å². The van der Waals surface area contributed by atoms with Gasteiger partial charge in [-0.3, -0.25) is 4.79 Å². The molecule has 0 bridgehead atoms. The van der Waals surface area contributed by atoms with Gasteiger partial charge >= 0.3 is 0 Å². The highest BCUT2D eigenvalue weighted by atomic mass is 32.2. The van der Waals surface area contributed by atoms with Crippen LogP contribution >= 0.6 is 0 Å². The summed E-state index contributed by atoms with van der Waals surface area (Å²) < 4.78 is 45.3. The molecular weight excluding hydrogens is 347 g/mol. The first-order valence-corrected chi connectivity index (χ1v) is 9.96. The fourth-order valence-corrected chi connectivity index (χ4v) is 5.18. The van der Waals surface area contributed by atoms with Crippen LogP contribution in [0.2, 0.25) is 0 Å². The fourth-order valence-electron chi connectivity index (χ4n) is 3.69. The summed E-state index contributed by atoms with van der Waals surface area (Å²) in [5, 5.41) is 0. The third kappa shape index (κ3) is 3.86. The van der Waals surface area contributed by atoms with Gasteiger partial charge in [0, 0.05) is 45.3 Å². The van der Waals surface area contributed by atoms with Gasteiger partial charge in [-0.15, -0.1) is 0 Å². The predicted octanol–water partition coefficient (Wildman–Crippen LogP) is 1.62. The van der Waals surface area contributed by atoms with Gasteiger partial charge in [0.25, 0.3) is 0 Å². The van der Waals surface area contributed by atoms with Crippen molar-refractivity contribution < 1.29 is 22.3 Å². The number of carbonyl (C=O) groups excluding carboxylic acids is 1. The predicted molar refractivity (Wildman–Crippen MR) is 89.9 cm³/mol. The molecule has 0 radical (unpaired) electrons. The van der Waals surface area contributed by atoms with Crippen LogP contribution in [0.1, 0.15) is 26.2 Å². The van der Waals surface area contributed by atoms with E-state index in [9.17, 15) is 17.6 Å². The second-order valence-electron chi connectivity index (χ2n) is 6.53. The van der Waals surface area contributed by atoms with E-state index in [4.69, 9.17) is 4.74 Å². The first-order valence-electron chi connectivity index (χ1n) is 8.52. The van der Waals surface area contributed by atoms with E-state index < -0.39 is 15.8 Å². The SMILES string of the molecule is CC(=O)N(C1CCOCC1)C1CCN(S(=O)(=O)c2ccc(F)cc2)C1. The van der Waals surface area contributed by atoms with Gasteiger partial charge < -0.3 is 9.64 Å². The Morgan fingerprint density at radius 2 is 1.80 bits per heavy atom. The Bertz CT molecular complexity index is 717. The van der Waals surface area contributed by atoms with Crippen molar-refractivity contribution in [2.75, 3.05) is 26.3 Å². The van der Waals surface area contributed by atoms with E-state index in [0.717, 1.165) is 25.0 Å². The van der Waals surface area contributed by atoms with Crippen molar-refractivity contribution in [1.82, 2.24) is 9.21 Å². The second-order valence-corrected chi connectivity index (χ2v) is 8.47. The lowest BCUT2D eigenvalue weighted by atomic mass is 10.0. The summed E-state index contributed by atoms with van der Waals surface area (Å²) in [6, 6.07) is 4.81. The molecule has 2 heterocycles. The summed E-state index contributed by atoms with van der Waals surface area (Å²) in [6.45, 7) is 3.41. The zero-order valence-electron chi connectivity index (χ0n) is 14.2. The van der Waals surface area contributed by atoms with Crippen LogP contribution in [0, 0.1) is 5.82 Å². The summed E-state index contributed by atoms with van der Waals surface area (Å²) in [5.41, 5.74) is 0. The van der Waals surface area contributed by atoms with Crippen molar-refractivity contribution in [3.63, 3.8) is 0 Å². The van der Waals surface area contributed by atoms with Gasteiger partial charge in [-0.25, -0.2) is 12.8 Å². The van der Waals surface area contributed by atoms with Crippen molar-refractivity contribution in [1.29, 1.82) is 0 Å². The van der Waals surface area contributed by atoms with Crippen LogP contribution in [0.15, 0.2) is 29.2 Å². The Kier molecular flexibility index (Phi) is 5.41.